The van der Waals surface area contributed by atoms with Crippen LogP contribution in [0.15, 0.2) is 53.9 Å². The lowest BCUT2D eigenvalue weighted by Crippen LogP contribution is -2.32. The van der Waals surface area contributed by atoms with Gasteiger partial charge < -0.3 is 4.90 Å². The molecule has 3 aromatic rings. The number of aromatic nitrogens is 1. The van der Waals surface area contributed by atoms with E-state index in [0.717, 1.165) is 29.0 Å². The molecular weight excluding hydrogens is 347 g/mol. The van der Waals surface area contributed by atoms with Crippen molar-refractivity contribution in [2.45, 2.75) is 32.4 Å². The first-order valence-electron chi connectivity index (χ1n) is 8.68. The summed E-state index contributed by atoms with van der Waals surface area (Å²) >= 11 is 1.48. The van der Waals surface area contributed by atoms with Crippen molar-refractivity contribution in [3.05, 3.63) is 76.5 Å². The number of thiazole rings is 1. The molecule has 0 aliphatic heterocycles. The highest BCUT2D eigenvalue weighted by atomic mass is 32.1. The van der Waals surface area contributed by atoms with Crippen molar-refractivity contribution < 1.29 is 9.18 Å². The Hall–Kier alpha value is -2.53. The molecule has 1 aromatic heterocycles. The zero-order valence-corrected chi connectivity index (χ0v) is 15.3. The second-order valence-electron chi connectivity index (χ2n) is 6.70. The summed E-state index contributed by atoms with van der Waals surface area (Å²) < 4.78 is 13.5. The molecule has 0 spiro atoms. The van der Waals surface area contributed by atoms with Gasteiger partial charge in [-0.3, -0.25) is 4.79 Å². The Morgan fingerprint density at radius 2 is 2.00 bits per heavy atom. The van der Waals surface area contributed by atoms with Gasteiger partial charge in [-0.05, 0) is 37.5 Å². The number of benzene rings is 2. The SMILES string of the molecule is Cc1ccc(-c2nc(C(=O)N(Cc3cccc(F)c3)C3CC3)cs2)cc1. The monoisotopic (exact) mass is 366 g/mol. The van der Waals surface area contributed by atoms with Crippen LogP contribution in [0, 0.1) is 12.7 Å². The topological polar surface area (TPSA) is 33.2 Å². The van der Waals surface area contributed by atoms with E-state index >= 15 is 0 Å². The average molecular weight is 366 g/mol. The zero-order chi connectivity index (χ0) is 18.1. The van der Waals surface area contributed by atoms with Gasteiger partial charge in [-0.2, -0.15) is 0 Å². The van der Waals surface area contributed by atoms with E-state index in [-0.39, 0.29) is 17.8 Å². The number of rotatable bonds is 5. The van der Waals surface area contributed by atoms with Crippen molar-refractivity contribution in [2.75, 3.05) is 0 Å². The largest absolute Gasteiger partial charge is 0.330 e. The Balaban J connectivity index is 1.56. The molecule has 0 radical (unpaired) electrons. The first-order valence-corrected chi connectivity index (χ1v) is 9.56. The van der Waals surface area contributed by atoms with E-state index in [0.29, 0.717) is 12.2 Å². The zero-order valence-electron chi connectivity index (χ0n) is 14.5. The second kappa shape index (κ2) is 7.00. The summed E-state index contributed by atoms with van der Waals surface area (Å²) in [5.74, 6) is -0.354. The van der Waals surface area contributed by atoms with Gasteiger partial charge in [0.15, 0.2) is 0 Å². The summed E-state index contributed by atoms with van der Waals surface area (Å²) in [6, 6.07) is 14.8. The lowest BCUT2D eigenvalue weighted by atomic mass is 10.2. The number of amides is 1. The molecule has 4 rings (SSSR count). The van der Waals surface area contributed by atoms with Crippen molar-refractivity contribution in [3.63, 3.8) is 0 Å². The third kappa shape index (κ3) is 3.68. The van der Waals surface area contributed by atoms with E-state index in [4.69, 9.17) is 0 Å². The van der Waals surface area contributed by atoms with Gasteiger partial charge in [-0.15, -0.1) is 11.3 Å². The fourth-order valence-electron chi connectivity index (χ4n) is 2.93. The number of halogens is 1. The van der Waals surface area contributed by atoms with E-state index in [1.807, 2.05) is 47.5 Å². The summed E-state index contributed by atoms with van der Waals surface area (Å²) in [7, 11) is 0. The van der Waals surface area contributed by atoms with Crippen LogP contribution in [-0.4, -0.2) is 21.8 Å². The Morgan fingerprint density at radius 1 is 1.23 bits per heavy atom. The van der Waals surface area contributed by atoms with Crippen molar-refractivity contribution in [1.29, 1.82) is 0 Å². The highest BCUT2D eigenvalue weighted by Crippen LogP contribution is 2.31. The Labute approximate surface area is 156 Å². The number of hydrogen-bond acceptors (Lipinski definition) is 3. The van der Waals surface area contributed by atoms with Crippen LogP contribution in [0.25, 0.3) is 10.6 Å². The molecule has 1 saturated carbocycles. The molecule has 26 heavy (non-hydrogen) atoms. The lowest BCUT2D eigenvalue weighted by Gasteiger charge is -2.21. The van der Waals surface area contributed by atoms with Crippen LogP contribution < -0.4 is 0 Å². The standard InChI is InChI=1S/C21H19FN2OS/c1-14-5-7-16(8-6-14)20-23-19(13-26-20)21(25)24(18-9-10-18)12-15-3-2-4-17(22)11-15/h2-8,11,13,18H,9-10,12H2,1H3. The maximum Gasteiger partial charge on any atom is 0.273 e. The minimum absolute atomic E-state index is 0.0774. The van der Waals surface area contributed by atoms with Crippen LogP contribution in [-0.2, 0) is 6.54 Å². The third-order valence-corrected chi connectivity index (χ3v) is 5.40. The quantitative estimate of drug-likeness (QED) is 0.632. The van der Waals surface area contributed by atoms with Crippen LogP contribution >= 0.6 is 11.3 Å². The maximum absolute atomic E-state index is 13.5. The molecular formula is C21H19FN2OS. The van der Waals surface area contributed by atoms with E-state index < -0.39 is 0 Å². The average Bonchev–Trinajstić information content (AvgIpc) is 3.36. The summed E-state index contributed by atoms with van der Waals surface area (Å²) in [5, 5.41) is 2.66. The van der Waals surface area contributed by atoms with Gasteiger partial charge in [0, 0.05) is 23.5 Å². The molecule has 1 aliphatic rings. The smallest absolute Gasteiger partial charge is 0.273 e. The van der Waals surface area contributed by atoms with Crippen LogP contribution in [0.5, 0.6) is 0 Å². The normalized spacial score (nSPS) is 13.6. The van der Waals surface area contributed by atoms with Crippen molar-refractivity contribution in [3.8, 4) is 10.6 Å². The molecule has 5 heteroatoms. The summed E-state index contributed by atoms with van der Waals surface area (Å²) in [5.41, 5.74) is 3.48. The van der Waals surface area contributed by atoms with Crippen LogP contribution in [0.1, 0.15) is 34.5 Å². The number of hydrogen-bond donors (Lipinski definition) is 0. The third-order valence-electron chi connectivity index (χ3n) is 4.51. The van der Waals surface area contributed by atoms with E-state index in [1.54, 1.807) is 6.07 Å². The van der Waals surface area contributed by atoms with E-state index in [1.165, 1.54) is 29.0 Å². The van der Waals surface area contributed by atoms with Gasteiger partial charge in [0.2, 0.25) is 0 Å². The summed E-state index contributed by atoms with van der Waals surface area (Å²) in [4.78, 5) is 19.4. The van der Waals surface area contributed by atoms with Gasteiger partial charge in [-0.25, -0.2) is 9.37 Å². The number of nitrogens with zero attached hydrogens (tertiary/aromatic N) is 2. The van der Waals surface area contributed by atoms with Crippen molar-refractivity contribution in [1.82, 2.24) is 9.88 Å². The molecule has 0 bridgehead atoms. The van der Waals surface area contributed by atoms with Gasteiger partial charge in [0.1, 0.15) is 16.5 Å². The van der Waals surface area contributed by atoms with Crippen molar-refractivity contribution in [2.24, 2.45) is 0 Å². The van der Waals surface area contributed by atoms with Gasteiger partial charge >= 0.3 is 0 Å². The fourth-order valence-corrected chi connectivity index (χ4v) is 3.73. The molecule has 0 saturated heterocycles. The highest BCUT2D eigenvalue weighted by Gasteiger charge is 2.34. The molecule has 1 amide bonds. The number of carbonyl (C=O) groups is 1. The number of aryl methyl sites for hydroxylation is 1. The van der Waals surface area contributed by atoms with Gasteiger partial charge in [0.05, 0.1) is 0 Å². The Bertz CT molecular complexity index is 931. The fraction of sp³-hybridized carbons (Fsp3) is 0.238. The first-order chi connectivity index (χ1) is 12.6. The summed E-state index contributed by atoms with van der Waals surface area (Å²) in [6.07, 6.45) is 1.99. The lowest BCUT2D eigenvalue weighted by molar-refractivity contribution is 0.0724. The molecule has 0 atom stereocenters. The molecule has 132 valence electrons. The van der Waals surface area contributed by atoms with Crippen molar-refractivity contribution >= 4 is 17.2 Å². The summed E-state index contributed by atoms with van der Waals surface area (Å²) in [6.45, 7) is 2.46. The Morgan fingerprint density at radius 3 is 2.69 bits per heavy atom. The van der Waals surface area contributed by atoms with E-state index in [9.17, 15) is 9.18 Å². The van der Waals surface area contributed by atoms with Crippen LogP contribution in [0.2, 0.25) is 0 Å². The molecule has 2 aromatic carbocycles. The molecule has 1 fully saturated rings. The molecule has 0 N–H and O–H groups in total. The number of carbonyl (C=O) groups excluding carboxylic acids is 1. The van der Waals surface area contributed by atoms with Gasteiger partial charge in [0.25, 0.3) is 5.91 Å². The molecule has 3 nitrogen and oxygen atoms in total. The minimum Gasteiger partial charge on any atom is -0.330 e. The maximum atomic E-state index is 13.5. The second-order valence-corrected chi connectivity index (χ2v) is 7.56. The molecule has 0 unspecified atom stereocenters. The van der Waals surface area contributed by atoms with Crippen LogP contribution in [0.3, 0.4) is 0 Å². The predicted octanol–water partition coefficient (Wildman–Crippen LogP) is 5.06. The molecule has 1 heterocycles. The first kappa shape index (κ1) is 16.9. The minimum atomic E-state index is -0.277. The van der Waals surface area contributed by atoms with E-state index in [2.05, 4.69) is 4.98 Å². The van der Waals surface area contributed by atoms with Crippen LogP contribution in [0.4, 0.5) is 4.39 Å². The van der Waals surface area contributed by atoms with Gasteiger partial charge in [-0.1, -0.05) is 42.0 Å². The predicted molar refractivity (Wildman–Crippen MR) is 102 cm³/mol. The Kier molecular flexibility index (Phi) is 4.55. The molecule has 1 aliphatic carbocycles. The highest BCUT2D eigenvalue weighted by molar-refractivity contribution is 7.13.